The van der Waals surface area contributed by atoms with Crippen molar-refractivity contribution >= 4 is 5.91 Å². The summed E-state index contributed by atoms with van der Waals surface area (Å²) >= 11 is 0. The Morgan fingerprint density at radius 1 is 1.56 bits per heavy atom. The molecule has 1 amide bonds. The van der Waals surface area contributed by atoms with E-state index in [4.69, 9.17) is 0 Å². The number of hydrogen-bond donors (Lipinski definition) is 2. The molecular formula is C14H21N3O. The molecular weight excluding hydrogens is 226 g/mol. The van der Waals surface area contributed by atoms with Crippen molar-refractivity contribution < 1.29 is 4.79 Å². The van der Waals surface area contributed by atoms with Crippen molar-refractivity contribution in [2.75, 3.05) is 6.54 Å². The third kappa shape index (κ3) is 3.29. The maximum absolute atomic E-state index is 12.0. The second kappa shape index (κ2) is 6.50. The summed E-state index contributed by atoms with van der Waals surface area (Å²) in [4.78, 5) is 16.3. The molecule has 1 fully saturated rings. The smallest absolute Gasteiger partial charge is 0.237 e. The van der Waals surface area contributed by atoms with Gasteiger partial charge in [-0.15, -0.1) is 0 Å². The van der Waals surface area contributed by atoms with Gasteiger partial charge in [-0.25, -0.2) is 0 Å². The fraction of sp³-hybridized carbons (Fsp3) is 0.571. The lowest BCUT2D eigenvalue weighted by molar-refractivity contribution is -0.123. The molecule has 2 heterocycles. The van der Waals surface area contributed by atoms with Gasteiger partial charge in [0.25, 0.3) is 0 Å². The molecule has 1 aromatic heterocycles. The molecule has 1 saturated heterocycles. The maximum atomic E-state index is 12.0. The van der Waals surface area contributed by atoms with E-state index in [1.165, 1.54) is 12.0 Å². The summed E-state index contributed by atoms with van der Waals surface area (Å²) in [5, 5.41) is 6.23. The van der Waals surface area contributed by atoms with E-state index in [1.54, 1.807) is 6.20 Å². The number of piperidine rings is 1. The van der Waals surface area contributed by atoms with Crippen molar-refractivity contribution in [3.63, 3.8) is 0 Å². The Bertz CT molecular complexity index is 400. The third-order valence-corrected chi connectivity index (χ3v) is 3.42. The largest absolute Gasteiger partial charge is 0.349 e. The van der Waals surface area contributed by atoms with E-state index in [0.29, 0.717) is 6.54 Å². The van der Waals surface area contributed by atoms with Crippen molar-refractivity contribution in [1.82, 2.24) is 15.6 Å². The highest BCUT2D eigenvalue weighted by atomic mass is 16.2. The van der Waals surface area contributed by atoms with Crippen LogP contribution in [0.5, 0.6) is 0 Å². The Balaban J connectivity index is 1.88. The summed E-state index contributed by atoms with van der Waals surface area (Å²) < 4.78 is 0. The zero-order valence-corrected chi connectivity index (χ0v) is 10.9. The number of carbonyl (C=O) groups is 1. The maximum Gasteiger partial charge on any atom is 0.237 e. The molecule has 1 unspecified atom stereocenters. The van der Waals surface area contributed by atoms with Crippen molar-refractivity contribution in [2.24, 2.45) is 0 Å². The lowest BCUT2D eigenvalue weighted by Gasteiger charge is -2.22. The van der Waals surface area contributed by atoms with E-state index in [-0.39, 0.29) is 11.9 Å². The van der Waals surface area contributed by atoms with E-state index >= 15 is 0 Å². The number of rotatable bonds is 4. The molecule has 0 saturated carbocycles. The monoisotopic (exact) mass is 247 g/mol. The first-order valence-corrected chi connectivity index (χ1v) is 6.75. The highest BCUT2D eigenvalue weighted by molar-refractivity contribution is 5.81. The van der Waals surface area contributed by atoms with Crippen LogP contribution < -0.4 is 10.6 Å². The SMILES string of the molecule is CCc1cccnc1CNC(=O)C1CCCCN1. The van der Waals surface area contributed by atoms with Crippen LogP contribution in [0, 0.1) is 0 Å². The number of amides is 1. The number of nitrogens with one attached hydrogen (secondary N) is 2. The minimum Gasteiger partial charge on any atom is -0.349 e. The second-order valence-corrected chi connectivity index (χ2v) is 4.68. The van der Waals surface area contributed by atoms with Crippen molar-refractivity contribution in [2.45, 2.75) is 45.2 Å². The number of carbonyl (C=O) groups excluding carboxylic acids is 1. The van der Waals surface area contributed by atoms with Gasteiger partial charge in [0, 0.05) is 6.20 Å². The first-order valence-electron chi connectivity index (χ1n) is 6.75. The minimum absolute atomic E-state index is 0.0208. The Morgan fingerprint density at radius 2 is 2.44 bits per heavy atom. The molecule has 0 aliphatic carbocycles. The molecule has 4 nitrogen and oxygen atoms in total. The van der Waals surface area contributed by atoms with Gasteiger partial charge in [-0.3, -0.25) is 9.78 Å². The highest BCUT2D eigenvalue weighted by Gasteiger charge is 2.20. The van der Waals surface area contributed by atoms with Crippen LogP contribution in [-0.2, 0) is 17.8 Å². The summed E-state index contributed by atoms with van der Waals surface area (Å²) in [6.45, 7) is 3.58. The van der Waals surface area contributed by atoms with Gasteiger partial charge in [-0.05, 0) is 37.4 Å². The summed E-state index contributed by atoms with van der Waals surface area (Å²) in [6, 6.07) is 3.98. The van der Waals surface area contributed by atoms with Crippen LogP contribution in [-0.4, -0.2) is 23.5 Å². The molecule has 1 aliphatic rings. The number of pyridine rings is 1. The predicted molar refractivity (Wildman–Crippen MR) is 71.1 cm³/mol. The van der Waals surface area contributed by atoms with E-state index in [2.05, 4.69) is 28.6 Å². The number of aryl methyl sites for hydroxylation is 1. The average molecular weight is 247 g/mol. The topological polar surface area (TPSA) is 54.0 Å². The van der Waals surface area contributed by atoms with Crippen LogP contribution in [0.1, 0.15) is 37.4 Å². The molecule has 2 N–H and O–H groups in total. The van der Waals surface area contributed by atoms with Gasteiger partial charge < -0.3 is 10.6 Å². The molecule has 0 aromatic carbocycles. The third-order valence-electron chi connectivity index (χ3n) is 3.42. The van der Waals surface area contributed by atoms with Crippen LogP contribution in [0.4, 0.5) is 0 Å². The molecule has 4 heteroatoms. The molecule has 0 radical (unpaired) electrons. The molecule has 1 aromatic rings. The van der Waals surface area contributed by atoms with Gasteiger partial charge in [0.05, 0.1) is 18.3 Å². The Hall–Kier alpha value is -1.42. The van der Waals surface area contributed by atoms with Crippen molar-refractivity contribution in [3.05, 3.63) is 29.6 Å². The normalized spacial score (nSPS) is 19.5. The molecule has 18 heavy (non-hydrogen) atoms. The van der Waals surface area contributed by atoms with E-state index in [0.717, 1.165) is 31.5 Å². The lowest BCUT2D eigenvalue weighted by Crippen LogP contribution is -2.46. The summed E-state index contributed by atoms with van der Waals surface area (Å²) in [5.74, 6) is 0.0995. The molecule has 0 spiro atoms. The molecule has 98 valence electrons. The first kappa shape index (κ1) is 13.0. The Labute approximate surface area is 108 Å². The predicted octanol–water partition coefficient (Wildman–Crippen LogP) is 1.40. The first-order chi connectivity index (χ1) is 8.81. The summed E-state index contributed by atoms with van der Waals surface area (Å²) in [6.07, 6.45) is 5.97. The van der Waals surface area contributed by atoms with Crippen LogP contribution in [0.25, 0.3) is 0 Å². The fourth-order valence-corrected chi connectivity index (χ4v) is 2.32. The number of hydrogen-bond acceptors (Lipinski definition) is 3. The number of nitrogens with zero attached hydrogens (tertiary/aromatic N) is 1. The highest BCUT2D eigenvalue weighted by Crippen LogP contribution is 2.08. The van der Waals surface area contributed by atoms with Crippen LogP contribution >= 0.6 is 0 Å². The van der Waals surface area contributed by atoms with E-state index in [9.17, 15) is 4.79 Å². The Morgan fingerprint density at radius 3 is 3.17 bits per heavy atom. The van der Waals surface area contributed by atoms with Gasteiger partial charge in [0.2, 0.25) is 5.91 Å². The zero-order valence-electron chi connectivity index (χ0n) is 10.9. The molecule has 1 aliphatic heterocycles. The summed E-state index contributed by atoms with van der Waals surface area (Å²) in [7, 11) is 0. The van der Waals surface area contributed by atoms with Crippen molar-refractivity contribution in [1.29, 1.82) is 0 Å². The van der Waals surface area contributed by atoms with Crippen molar-refractivity contribution in [3.8, 4) is 0 Å². The quantitative estimate of drug-likeness (QED) is 0.845. The van der Waals surface area contributed by atoms with E-state index in [1.807, 2.05) is 6.07 Å². The Kier molecular flexibility index (Phi) is 4.70. The second-order valence-electron chi connectivity index (χ2n) is 4.68. The van der Waals surface area contributed by atoms with Gasteiger partial charge in [-0.2, -0.15) is 0 Å². The molecule has 0 bridgehead atoms. The van der Waals surface area contributed by atoms with Gasteiger partial charge in [0.1, 0.15) is 0 Å². The van der Waals surface area contributed by atoms with Crippen LogP contribution in [0.15, 0.2) is 18.3 Å². The zero-order chi connectivity index (χ0) is 12.8. The van der Waals surface area contributed by atoms with Gasteiger partial charge >= 0.3 is 0 Å². The van der Waals surface area contributed by atoms with Crippen LogP contribution in [0.3, 0.4) is 0 Å². The van der Waals surface area contributed by atoms with E-state index < -0.39 is 0 Å². The molecule has 1 atom stereocenters. The van der Waals surface area contributed by atoms with Gasteiger partial charge in [-0.1, -0.05) is 19.4 Å². The standard InChI is InChI=1S/C14H21N3O/c1-2-11-6-5-9-16-13(11)10-17-14(18)12-7-3-4-8-15-12/h5-6,9,12,15H,2-4,7-8,10H2,1H3,(H,17,18). The lowest BCUT2D eigenvalue weighted by atomic mass is 10.0. The molecule has 2 rings (SSSR count). The van der Waals surface area contributed by atoms with Gasteiger partial charge in [0.15, 0.2) is 0 Å². The van der Waals surface area contributed by atoms with Crippen LogP contribution in [0.2, 0.25) is 0 Å². The number of aromatic nitrogens is 1. The minimum atomic E-state index is -0.0208. The fourth-order valence-electron chi connectivity index (χ4n) is 2.32. The summed E-state index contributed by atoms with van der Waals surface area (Å²) in [5.41, 5.74) is 2.18. The average Bonchev–Trinajstić information content (AvgIpc) is 2.46.